The van der Waals surface area contributed by atoms with Gasteiger partial charge in [0.15, 0.2) is 5.78 Å². The first-order chi connectivity index (χ1) is 11.0. The third-order valence-electron chi connectivity index (χ3n) is 3.69. The van der Waals surface area contributed by atoms with Crippen LogP contribution in [0, 0.1) is 0 Å². The predicted molar refractivity (Wildman–Crippen MR) is 89.6 cm³/mol. The fraction of sp³-hybridized carbons (Fsp3) is 0.375. The average molecular weight is 398 g/mol. The Bertz CT molecular complexity index is 782. The van der Waals surface area contributed by atoms with Crippen LogP contribution >= 0.6 is 15.9 Å². The Balaban J connectivity index is 2.11. The zero-order valence-electron chi connectivity index (χ0n) is 12.8. The highest BCUT2D eigenvalue weighted by Gasteiger charge is 2.33. The molecule has 1 aromatic heterocycles. The van der Waals surface area contributed by atoms with Gasteiger partial charge >= 0.3 is 0 Å². The number of ketones is 1. The maximum absolute atomic E-state index is 12.9. The van der Waals surface area contributed by atoms with Crippen molar-refractivity contribution in [3.8, 4) is 5.75 Å². The second-order valence-corrected chi connectivity index (χ2v) is 7.53. The zero-order valence-corrected chi connectivity index (χ0v) is 15.2. The lowest BCUT2D eigenvalue weighted by Gasteiger charge is -2.14. The summed E-state index contributed by atoms with van der Waals surface area (Å²) in [7, 11) is -1.37. The van der Waals surface area contributed by atoms with Crippen LogP contribution in [0.2, 0.25) is 0 Å². The molecule has 23 heavy (non-hydrogen) atoms. The number of ether oxygens (including phenoxy) is 1. The van der Waals surface area contributed by atoms with Crippen molar-refractivity contribution in [2.45, 2.75) is 30.6 Å². The molecule has 1 atom stereocenters. The number of hydrogen-bond donors (Lipinski definition) is 0. The van der Waals surface area contributed by atoms with E-state index in [1.54, 1.807) is 12.1 Å². The Morgan fingerprint density at radius 3 is 2.78 bits per heavy atom. The van der Waals surface area contributed by atoms with Crippen LogP contribution in [0.3, 0.4) is 0 Å². The molecule has 122 valence electrons. The fourth-order valence-corrected chi connectivity index (χ4v) is 3.97. The Kier molecular flexibility index (Phi) is 4.68. The van der Waals surface area contributed by atoms with Gasteiger partial charge in [-0.25, -0.2) is 0 Å². The Labute approximate surface area is 145 Å². The van der Waals surface area contributed by atoms with Crippen molar-refractivity contribution in [2.75, 3.05) is 12.9 Å². The number of benzene rings is 1. The highest BCUT2D eigenvalue weighted by molar-refractivity contribution is 9.10. The third kappa shape index (κ3) is 3.12. The molecule has 0 N–H and O–H groups in total. The summed E-state index contributed by atoms with van der Waals surface area (Å²) in [5.41, 5.74) is 1.51. The number of hydrogen-bond acceptors (Lipinski definition) is 5. The molecule has 1 unspecified atom stereocenters. The quantitative estimate of drug-likeness (QED) is 0.695. The normalized spacial score (nSPS) is 15.4. The van der Waals surface area contributed by atoms with Gasteiger partial charge in [-0.3, -0.25) is 9.00 Å². The monoisotopic (exact) mass is 397 g/mol. The third-order valence-corrected chi connectivity index (χ3v) is 5.30. The van der Waals surface area contributed by atoms with Crippen LogP contribution in [0.25, 0.3) is 0 Å². The van der Waals surface area contributed by atoms with E-state index in [2.05, 4.69) is 21.1 Å². The van der Waals surface area contributed by atoms with Crippen LogP contribution in [0.1, 0.15) is 47.3 Å². The standard InChI is InChI=1S/C16H16BrNO4S/c1-3-21-15-12(17)7-6-10(16(15)23(2)20)14(19)11-8-22-18-13(11)9-4-5-9/h6-9H,3-5H2,1-2H3. The molecule has 5 nitrogen and oxygen atoms in total. The zero-order chi connectivity index (χ0) is 16.6. The average Bonchev–Trinajstić information content (AvgIpc) is 3.25. The van der Waals surface area contributed by atoms with E-state index < -0.39 is 10.8 Å². The summed E-state index contributed by atoms with van der Waals surface area (Å²) in [5, 5.41) is 3.96. The minimum absolute atomic E-state index is 0.230. The number of rotatable bonds is 6. The number of carbonyl (C=O) groups excluding carboxylic acids is 1. The molecule has 0 aliphatic heterocycles. The first-order valence-corrected chi connectivity index (χ1v) is 9.67. The predicted octanol–water partition coefficient (Wildman–Crippen LogP) is 3.68. The van der Waals surface area contributed by atoms with Gasteiger partial charge < -0.3 is 9.26 Å². The Morgan fingerprint density at radius 1 is 1.43 bits per heavy atom. The number of halogens is 1. The van der Waals surface area contributed by atoms with E-state index in [0.717, 1.165) is 12.8 Å². The molecule has 7 heteroatoms. The van der Waals surface area contributed by atoms with E-state index in [0.29, 0.717) is 44.5 Å². The molecular weight excluding hydrogens is 382 g/mol. The molecule has 1 aromatic carbocycles. The van der Waals surface area contributed by atoms with E-state index in [9.17, 15) is 9.00 Å². The molecule has 0 saturated heterocycles. The molecular formula is C16H16BrNO4S. The lowest BCUT2D eigenvalue weighted by Crippen LogP contribution is -2.10. The first kappa shape index (κ1) is 16.4. The highest BCUT2D eigenvalue weighted by Crippen LogP contribution is 2.42. The maximum Gasteiger partial charge on any atom is 0.199 e. The molecule has 1 heterocycles. The van der Waals surface area contributed by atoms with Crippen molar-refractivity contribution in [1.82, 2.24) is 5.16 Å². The van der Waals surface area contributed by atoms with Crippen molar-refractivity contribution in [3.63, 3.8) is 0 Å². The van der Waals surface area contributed by atoms with Crippen LogP contribution in [-0.2, 0) is 10.8 Å². The lowest BCUT2D eigenvalue weighted by molar-refractivity contribution is 0.103. The molecule has 0 radical (unpaired) electrons. The Morgan fingerprint density at radius 2 is 2.17 bits per heavy atom. The summed E-state index contributed by atoms with van der Waals surface area (Å²) < 4.78 is 23.5. The molecule has 1 aliphatic rings. The highest BCUT2D eigenvalue weighted by atomic mass is 79.9. The van der Waals surface area contributed by atoms with Crippen molar-refractivity contribution in [1.29, 1.82) is 0 Å². The number of aromatic nitrogens is 1. The smallest absolute Gasteiger partial charge is 0.199 e. The number of nitrogens with zero attached hydrogens (tertiary/aromatic N) is 1. The summed E-state index contributed by atoms with van der Waals surface area (Å²) in [5.74, 6) is 0.514. The van der Waals surface area contributed by atoms with Gasteiger partial charge in [-0.15, -0.1) is 0 Å². The molecule has 1 saturated carbocycles. The van der Waals surface area contributed by atoms with Crippen LogP contribution in [0.15, 0.2) is 32.3 Å². The topological polar surface area (TPSA) is 69.4 Å². The second-order valence-electron chi connectivity index (χ2n) is 5.36. The van der Waals surface area contributed by atoms with E-state index in [1.165, 1.54) is 12.5 Å². The maximum atomic E-state index is 12.9. The van der Waals surface area contributed by atoms with Gasteiger partial charge in [0.05, 0.1) is 38.0 Å². The molecule has 1 aliphatic carbocycles. The molecule has 2 aromatic rings. The molecule has 0 spiro atoms. The summed E-state index contributed by atoms with van der Waals surface area (Å²) in [6.07, 6.45) is 4.95. The van der Waals surface area contributed by atoms with E-state index in [1.807, 2.05) is 6.92 Å². The number of carbonyl (C=O) groups is 1. The van der Waals surface area contributed by atoms with Gasteiger partial charge in [-0.1, -0.05) is 5.16 Å². The van der Waals surface area contributed by atoms with Gasteiger partial charge in [0.1, 0.15) is 12.0 Å². The summed E-state index contributed by atoms with van der Waals surface area (Å²) in [6, 6.07) is 3.40. The minimum atomic E-state index is -1.37. The van der Waals surface area contributed by atoms with Gasteiger partial charge in [0, 0.05) is 17.7 Å². The lowest BCUT2D eigenvalue weighted by atomic mass is 10.0. The van der Waals surface area contributed by atoms with Gasteiger partial charge in [-0.2, -0.15) is 0 Å². The van der Waals surface area contributed by atoms with Crippen molar-refractivity contribution in [3.05, 3.63) is 39.7 Å². The largest absolute Gasteiger partial charge is 0.491 e. The molecule has 3 rings (SSSR count). The summed E-state index contributed by atoms with van der Waals surface area (Å²) in [4.78, 5) is 13.3. The fourth-order valence-electron chi connectivity index (χ4n) is 2.49. The van der Waals surface area contributed by atoms with Gasteiger partial charge in [0.2, 0.25) is 0 Å². The Hall–Kier alpha value is -1.47. The SMILES string of the molecule is CCOc1c(Br)ccc(C(=O)c2conc2C2CC2)c1S(C)=O. The van der Waals surface area contributed by atoms with Crippen molar-refractivity contribution in [2.24, 2.45) is 0 Å². The van der Waals surface area contributed by atoms with E-state index in [4.69, 9.17) is 9.26 Å². The molecule has 0 bridgehead atoms. The van der Waals surface area contributed by atoms with E-state index in [-0.39, 0.29) is 5.78 Å². The van der Waals surface area contributed by atoms with Crippen LogP contribution in [0.5, 0.6) is 5.75 Å². The molecule has 0 amide bonds. The minimum Gasteiger partial charge on any atom is -0.491 e. The van der Waals surface area contributed by atoms with Gasteiger partial charge in [-0.05, 0) is 47.8 Å². The van der Waals surface area contributed by atoms with Crippen LogP contribution < -0.4 is 4.74 Å². The van der Waals surface area contributed by atoms with Crippen LogP contribution in [-0.4, -0.2) is 28.0 Å². The van der Waals surface area contributed by atoms with Crippen LogP contribution in [0.4, 0.5) is 0 Å². The summed E-state index contributed by atoms with van der Waals surface area (Å²) >= 11 is 3.39. The second kappa shape index (κ2) is 6.57. The molecule has 1 fully saturated rings. The van der Waals surface area contributed by atoms with Gasteiger partial charge in [0.25, 0.3) is 0 Å². The van der Waals surface area contributed by atoms with Crippen molar-refractivity contribution < 1.29 is 18.3 Å². The summed E-state index contributed by atoms with van der Waals surface area (Å²) in [6.45, 7) is 2.26. The van der Waals surface area contributed by atoms with E-state index >= 15 is 0 Å². The van der Waals surface area contributed by atoms with Crippen molar-refractivity contribution >= 4 is 32.5 Å². The first-order valence-electron chi connectivity index (χ1n) is 7.32.